The van der Waals surface area contributed by atoms with Gasteiger partial charge in [0.25, 0.3) is 0 Å². The summed E-state index contributed by atoms with van der Waals surface area (Å²) in [6.07, 6.45) is 2.88. The van der Waals surface area contributed by atoms with Crippen molar-refractivity contribution < 1.29 is 9.18 Å². The van der Waals surface area contributed by atoms with Crippen LogP contribution in [0.15, 0.2) is 24.3 Å². The summed E-state index contributed by atoms with van der Waals surface area (Å²) in [5.41, 5.74) is 1.16. The molecule has 0 spiro atoms. The molecular formula is C20H30FN3O. The highest BCUT2D eigenvalue weighted by Crippen LogP contribution is 2.23. The number of rotatable bonds is 5. The Morgan fingerprint density at radius 2 is 1.64 bits per heavy atom. The summed E-state index contributed by atoms with van der Waals surface area (Å²) < 4.78 is 13.0. The van der Waals surface area contributed by atoms with E-state index in [1.54, 1.807) is 0 Å². The van der Waals surface area contributed by atoms with E-state index in [-0.39, 0.29) is 5.82 Å². The summed E-state index contributed by atoms with van der Waals surface area (Å²) >= 11 is 0. The van der Waals surface area contributed by atoms with Crippen LogP contribution in [0.5, 0.6) is 0 Å². The first-order chi connectivity index (χ1) is 12.1. The van der Waals surface area contributed by atoms with Gasteiger partial charge in [-0.25, -0.2) is 4.39 Å². The van der Waals surface area contributed by atoms with Gasteiger partial charge in [0.05, 0.1) is 0 Å². The van der Waals surface area contributed by atoms with E-state index in [1.165, 1.54) is 12.1 Å². The minimum atomic E-state index is -0.180. The number of amides is 1. The number of piperidine rings is 1. The third-order valence-electron chi connectivity index (χ3n) is 5.66. The quantitative estimate of drug-likeness (QED) is 0.819. The lowest BCUT2D eigenvalue weighted by atomic mass is 9.92. The number of likely N-dealkylation sites (N-methyl/N-ethyl adjacent to an activating group) is 1. The second-order valence-electron chi connectivity index (χ2n) is 7.37. The molecule has 5 heteroatoms. The Balaban J connectivity index is 1.39. The van der Waals surface area contributed by atoms with Crippen molar-refractivity contribution in [3.63, 3.8) is 0 Å². The van der Waals surface area contributed by atoms with Gasteiger partial charge in [-0.15, -0.1) is 0 Å². The molecule has 3 rings (SSSR count). The maximum absolute atomic E-state index is 13.0. The molecule has 0 atom stereocenters. The first-order valence-corrected chi connectivity index (χ1v) is 9.61. The summed E-state index contributed by atoms with van der Waals surface area (Å²) in [6, 6.07) is 6.78. The summed E-state index contributed by atoms with van der Waals surface area (Å²) in [5, 5.41) is 0. The first kappa shape index (κ1) is 18.3. The third kappa shape index (κ3) is 5.25. The SMILES string of the molecule is CCN1CCN(C(=O)CC2CCN(Cc3ccc(F)cc3)CC2)CC1. The molecule has 0 bridgehead atoms. The minimum Gasteiger partial charge on any atom is -0.340 e. The average molecular weight is 347 g/mol. The molecule has 4 nitrogen and oxygen atoms in total. The molecular weight excluding hydrogens is 317 g/mol. The van der Waals surface area contributed by atoms with E-state index in [0.29, 0.717) is 18.2 Å². The summed E-state index contributed by atoms with van der Waals surface area (Å²) in [7, 11) is 0. The fourth-order valence-electron chi connectivity index (χ4n) is 3.89. The van der Waals surface area contributed by atoms with E-state index in [0.717, 1.165) is 70.8 Å². The number of nitrogens with zero attached hydrogens (tertiary/aromatic N) is 3. The number of piperazine rings is 1. The average Bonchev–Trinajstić information content (AvgIpc) is 2.65. The van der Waals surface area contributed by atoms with Crippen molar-refractivity contribution in [2.24, 2.45) is 5.92 Å². The molecule has 0 radical (unpaired) electrons. The van der Waals surface area contributed by atoms with Gasteiger partial charge in [0, 0.05) is 39.1 Å². The largest absolute Gasteiger partial charge is 0.340 e. The van der Waals surface area contributed by atoms with E-state index < -0.39 is 0 Å². The summed E-state index contributed by atoms with van der Waals surface area (Å²) in [6.45, 7) is 9.98. The molecule has 2 fully saturated rings. The molecule has 1 aromatic rings. The van der Waals surface area contributed by atoms with Crippen LogP contribution in [-0.2, 0) is 11.3 Å². The number of hydrogen-bond donors (Lipinski definition) is 0. The van der Waals surface area contributed by atoms with Crippen molar-refractivity contribution in [1.29, 1.82) is 0 Å². The molecule has 138 valence electrons. The van der Waals surface area contributed by atoms with Gasteiger partial charge in [-0.3, -0.25) is 9.69 Å². The second kappa shape index (κ2) is 8.77. The topological polar surface area (TPSA) is 26.8 Å². The first-order valence-electron chi connectivity index (χ1n) is 9.61. The molecule has 2 saturated heterocycles. The van der Waals surface area contributed by atoms with Gasteiger partial charge in [-0.05, 0) is 56.1 Å². The highest BCUT2D eigenvalue weighted by atomic mass is 19.1. The third-order valence-corrected chi connectivity index (χ3v) is 5.66. The molecule has 0 N–H and O–H groups in total. The molecule has 0 aliphatic carbocycles. The lowest BCUT2D eigenvalue weighted by Crippen LogP contribution is -2.49. The van der Waals surface area contributed by atoms with Crippen molar-refractivity contribution in [2.75, 3.05) is 45.8 Å². The van der Waals surface area contributed by atoms with E-state index in [2.05, 4.69) is 21.6 Å². The zero-order valence-corrected chi connectivity index (χ0v) is 15.3. The van der Waals surface area contributed by atoms with Crippen LogP contribution in [0.4, 0.5) is 4.39 Å². The molecule has 25 heavy (non-hydrogen) atoms. The Morgan fingerprint density at radius 3 is 2.24 bits per heavy atom. The Hall–Kier alpha value is -1.46. The van der Waals surface area contributed by atoms with E-state index in [4.69, 9.17) is 0 Å². The molecule has 1 amide bonds. The Bertz CT molecular complexity index is 547. The summed E-state index contributed by atoms with van der Waals surface area (Å²) in [5.74, 6) is 0.676. The highest BCUT2D eigenvalue weighted by molar-refractivity contribution is 5.76. The van der Waals surface area contributed by atoms with Crippen molar-refractivity contribution in [3.8, 4) is 0 Å². The Morgan fingerprint density at radius 1 is 1.00 bits per heavy atom. The van der Waals surface area contributed by atoms with Crippen molar-refractivity contribution in [3.05, 3.63) is 35.6 Å². The number of carbonyl (C=O) groups is 1. The lowest BCUT2D eigenvalue weighted by molar-refractivity contribution is -0.134. The zero-order chi connectivity index (χ0) is 17.6. The van der Waals surface area contributed by atoms with Crippen molar-refractivity contribution in [2.45, 2.75) is 32.7 Å². The Labute approximate surface area is 150 Å². The van der Waals surface area contributed by atoms with Gasteiger partial charge < -0.3 is 9.80 Å². The normalized spacial score (nSPS) is 20.8. The van der Waals surface area contributed by atoms with Gasteiger partial charge in [0.1, 0.15) is 5.82 Å². The zero-order valence-electron chi connectivity index (χ0n) is 15.3. The predicted octanol–water partition coefficient (Wildman–Crippen LogP) is 2.59. The van der Waals surface area contributed by atoms with Gasteiger partial charge in [-0.1, -0.05) is 19.1 Å². The van der Waals surface area contributed by atoms with Gasteiger partial charge in [-0.2, -0.15) is 0 Å². The van der Waals surface area contributed by atoms with Gasteiger partial charge in [0.15, 0.2) is 0 Å². The maximum atomic E-state index is 13.0. The maximum Gasteiger partial charge on any atom is 0.222 e. The van der Waals surface area contributed by atoms with Crippen LogP contribution in [0.1, 0.15) is 31.7 Å². The fraction of sp³-hybridized carbons (Fsp3) is 0.650. The highest BCUT2D eigenvalue weighted by Gasteiger charge is 2.25. The monoisotopic (exact) mass is 347 g/mol. The van der Waals surface area contributed by atoms with E-state index in [1.807, 2.05) is 12.1 Å². The second-order valence-corrected chi connectivity index (χ2v) is 7.37. The number of carbonyl (C=O) groups excluding carboxylic acids is 1. The van der Waals surface area contributed by atoms with Crippen LogP contribution in [0.2, 0.25) is 0 Å². The fourth-order valence-corrected chi connectivity index (χ4v) is 3.89. The van der Waals surface area contributed by atoms with Crippen LogP contribution < -0.4 is 0 Å². The molecule has 2 heterocycles. The Kier molecular flexibility index (Phi) is 6.43. The molecule has 2 aliphatic heterocycles. The number of likely N-dealkylation sites (tertiary alicyclic amines) is 1. The van der Waals surface area contributed by atoms with Crippen LogP contribution in [0.25, 0.3) is 0 Å². The van der Waals surface area contributed by atoms with Gasteiger partial charge in [0.2, 0.25) is 5.91 Å². The van der Waals surface area contributed by atoms with Crippen LogP contribution >= 0.6 is 0 Å². The molecule has 0 aromatic heterocycles. The van der Waals surface area contributed by atoms with Gasteiger partial charge >= 0.3 is 0 Å². The van der Waals surface area contributed by atoms with Crippen LogP contribution in [0, 0.1) is 11.7 Å². The number of halogens is 1. The smallest absolute Gasteiger partial charge is 0.222 e. The standard InChI is InChI=1S/C20H30FN3O/c1-2-22-11-13-24(14-12-22)20(25)15-17-7-9-23(10-8-17)16-18-3-5-19(21)6-4-18/h3-6,17H,2,7-16H2,1H3. The van der Waals surface area contributed by atoms with Crippen LogP contribution in [-0.4, -0.2) is 66.4 Å². The molecule has 0 unspecified atom stereocenters. The van der Waals surface area contributed by atoms with Crippen molar-refractivity contribution in [1.82, 2.24) is 14.7 Å². The minimum absolute atomic E-state index is 0.180. The molecule has 1 aromatic carbocycles. The molecule has 0 saturated carbocycles. The molecule has 2 aliphatic rings. The van der Waals surface area contributed by atoms with Crippen LogP contribution in [0.3, 0.4) is 0 Å². The lowest BCUT2D eigenvalue weighted by Gasteiger charge is -2.36. The predicted molar refractivity (Wildman–Crippen MR) is 97.7 cm³/mol. The van der Waals surface area contributed by atoms with Crippen molar-refractivity contribution >= 4 is 5.91 Å². The van der Waals surface area contributed by atoms with E-state index in [9.17, 15) is 9.18 Å². The number of benzene rings is 1. The number of hydrogen-bond acceptors (Lipinski definition) is 3. The summed E-state index contributed by atoms with van der Waals surface area (Å²) in [4.78, 5) is 19.4. The van der Waals surface area contributed by atoms with E-state index >= 15 is 0 Å².